The summed E-state index contributed by atoms with van der Waals surface area (Å²) in [6.07, 6.45) is 0. The molecule has 8 nitrogen and oxygen atoms in total. The molecule has 0 saturated carbocycles. The van der Waals surface area contributed by atoms with Crippen LogP contribution in [0.5, 0.6) is 0 Å². The van der Waals surface area contributed by atoms with E-state index >= 15 is 0 Å². The topological polar surface area (TPSA) is 117 Å². The quantitative estimate of drug-likeness (QED) is 0.142. The second-order valence-electron chi connectivity index (χ2n) is 17.1. The second kappa shape index (κ2) is 18.2. The molecule has 0 aliphatic carbocycles. The van der Waals surface area contributed by atoms with Crippen molar-refractivity contribution in [1.82, 2.24) is 29.5 Å². The van der Waals surface area contributed by atoms with Gasteiger partial charge in [-0.3, -0.25) is 0 Å². The maximum Gasteiger partial charge on any atom is 0.166 e. The van der Waals surface area contributed by atoms with Crippen molar-refractivity contribution in [3.63, 3.8) is 0 Å². The lowest BCUT2D eigenvalue weighted by molar-refractivity contribution is 1.06. The van der Waals surface area contributed by atoms with Crippen LogP contribution in [0, 0.1) is 22.7 Å². The van der Waals surface area contributed by atoms with E-state index < -0.39 is 0 Å². The normalized spacial score (nSPS) is 11.1. The third-order valence-corrected chi connectivity index (χ3v) is 12.8. The second-order valence-corrected chi connectivity index (χ2v) is 17.1. The maximum absolute atomic E-state index is 9.63. The van der Waals surface area contributed by atoms with E-state index in [2.05, 4.69) is 95.6 Å². The summed E-state index contributed by atoms with van der Waals surface area (Å²) in [6.45, 7) is 0. The fourth-order valence-corrected chi connectivity index (χ4v) is 9.18. The fraction of sp³-hybridized carbons (Fsp3) is 0. The number of benzene rings is 9. The van der Waals surface area contributed by atoms with Gasteiger partial charge in [-0.25, -0.2) is 24.9 Å². The zero-order valence-electron chi connectivity index (χ0n) is 38.0. The minimum atomic E-state index is 0.471. The van der Waals surface area contributed by atoms with E-state index in [1.165, 1.54) is 0 Å². The van der Waals surface area contributed by atoms with Crippen molar-refractivity contribution in [2.45, 2.75) is 0 Å². The highest BCUT2D eigenvalue weighted by molar-refractivity contribution is 6.11. The van der Waals surface area contributed by atoms with E-state index in [0.717, 1.165) is 94.5 Å². The zero-order valence-corrected chi connectivity index (χ0v) is 38.0. The van der Waals surface area contributed by atoms with Gasteiger partial charge in [-0.05, 0) is 82.9 Å². The minimum absolute atomic E-state index is 0.471. The van der Waals surface area contributed by atoms with Crippen molar-refractivity contribution in [2.24, 2.45) is 0 Å². The van der Waals surface area contributed by atoms with Crippen molar-refractivity contribution < 1.29 is 0 Å². The molecule has 0 bridgehead atoms. The zero-order chi connectivity index (χ0) is 47.7. The first kappa shape index (κ1) is 42.2. The summed E-state index contributed by atoms with van der Waals surface area (Å²) in [7, 11) is 0. The lowest BCUT2D eigenvalue weighted by Crippen LogP contribution is -2.04. The van der Waals surface area contributed by atoms with Crippen LogP contribution in [0.2, 0.25) is 0 Å². The molecule has 0 saturated heterocycles. The predicted molar refractivity (Wildman–Crippen MR) is 283 cm³/mol. The molecule has 330 valence electrons. The summed E-state index contributed by atoms with van der Waals surface area (Å²) in [5.41, 5.74) is 14.7. The van der Waals surface area contributed by atoms with Gasteiger partial charge in [0.15, 0.2) is 23.3 Å². The van der Waals surface area contributed by atoms with Crippen LogP contribution in [0.4, 0.5) is 0 Å². The highest BCUT2D eigenvalue weighted by Crippen LogP contribution is 2.41. The molecule has 0 radical (unpaired) electrons. The van der Waals surface area contributed by atoms with Gasteiger partial charge in [-0.1, -0.05) is 170 Å². The average Bonchev–Trinajstić information content (AvgIpc) is 3.78. The molecule has 9 aromatic carbocycles. The SMILES string of the molecule is N#Cc1ccc(-c2ccc3c4ccc(-c5ccc(C#N)cc5)cc4n(-c4ccc(-c5nc(-c6ccccc6)cc(-c6ccccc6)n5)cc4-c4nc(-c5ccccc5)nc(-c5ccccc5)n4)c3c2)cc1. The van der Waals surface area contributed by atoms with Crippen LogP contribution in [0.1, 0.15) is 11.1 Å². The molecule has 8 heteroatoms. The number of fused-ring (bicyclic) bond motifs is 3. The molecule has 12 rings (SSSR count). The van der Waals surface area contributed by atoms with Crippen LogP contribution < -0.4 is 0 Å². The molecule has 0 aliphatic rings. The Kier molecular flexibility index (Phi) is 10.8. The average molecular weight is 907 g/mol. The number of rotatable bonds is 9. The first-order valence-corrected chi connectivity index (χ1v) is 23.2. The Morgan fingerprint density at radius 2 is 0.676 bits per heavy atom. The Balaban J connectivity index is 1.17. The first-order chi connectivity index (χ1) is 35.1. The van der Waals surface area contributed by atoms with E-state index in [1.807, 2.05) is 152 Å². The van der Waals surface area contributed by atoms with E-state index in [1.54, 1.807) is 0 Å². The van der Waals surface area contributed by atoms with Crippen molar-refractivity contribution in [2.75, 3.05) is 0 Å². The summed E-state index contributed by atoms with van der Waals surface area (Å²) >= 11 is 0. The van der Waals surface area contributed by atoms with Crippen molar-refractivity contribution in [3.8, 4) is 108 Å². The number of nitriles is 2. The van der Waals surface area contributed by atoms with Crippen LogP contribution in [0.25, 0.3) is 118 Å². The van der Waals surface area contributed by atoms with Crippen molar-refractivity contribution >= 4 is 21.8 Å². The van der Waals surface area contributed by atoms with Crippen LogP contribution in [0.15, 0.2) is 231 Å². The summed E-state index contributed by atoms with van der Waals surface area (Å²) < 4.78 is 2.30. The minimum Gasteiger partial charge on any atom is -0.308 e. The Labute approximate surface area is 409 Å². The monoisotopic (exact) mass is 906 g/mol. The van der Waals surface area contributed by atoms with E-state index in [0.29, 0.717) is 34.4 Å². The fourth-order valence-electron chi connectivity index (χ4n) is 9.18. The summed E-state index contributed by atoms with van der Waals surface area (Å²) in [6, 6.07) is 81.6. The van der Waals surface area contributed by atoms with Gasteiger partial charge in [-0.15, -0.1) is 0 Å². The van der Waals surface area contributed by atoms with Gasteiger partial charge in [0.25, 0.3) is 0 Å². The lowest BCUT2D eigenvalue weighted by Gasteiger charge is -2.17. The summed E-state index contributed by atoms with van der Waals surface area (Å²) in [4.78, 5) is 26.3. The highest BCUT2D eigenvalue weighted by atomic mass is 15.1. The van der Waals surface area contributed by atoms with Crippen LogP contribution in [0.3, 0.4) is 0 Å². The Hall–Kier alpha value is -10.2. The molecular weight excluding hydrogens is 869 g/mol. The smallest absolute Gasteiger partial charge is 0.166 e. The molecule has 0 fully saturated rings. The van der Waals surface area contributed by atoms with E-state index in [4.69, 9.17) is 24.9 Å². The molecule has 0 aliphatic heterocycles. The van der Waals surface area contributed by atoms with E-state index in [-0.39, 0.29) is 0 Å². The molecule has 0 unspecified atom stereocenters. The van der Waals surface area contributed by atoms with E-state index in [9.17, 15) is 10.5 Å². The standard InChI is InChI=1S/C63H38N8/c64-39-41-21-25-43(26-22-41)49-29-32-52-53-33-30-50(44-27-23-42(40-65)24-28-44)37-59(53)71(58(52)36-49)57-34-31-51(62-66-55(45-13-5-1-6-14-45)38-56(67-62)46-15-7-2-8-16-46)35-54(57)63-69-60(47-17-9-3-10-18-47)68-61(70-63)48-19-11-4-12-20-48/h1-38H. The van der Waals surface area contributed by atoms with Crippen LogP contribution in [-0.2, 0) is 0 Å². The Morgan fingerprint density at radius 1 is 0.296 bits per heavy atom. The molecule has 0 spiro atoms. The van der Waals surface area contributed by atoms with Gasteiger partial charge in [0.2, 0.25) is 0 Å². The maximum atomic E-state index is 9.63. The third-order valence-electron chi connectivity index (χ3n) is 12.8. The number of aromatic nitrogens is 6. The van der Waals surface area contributed by atoms with Gasteiger partial charge in [-0.2, -0.15) is 10.5 Å². The predicted octanol–water partition coefficient (Wildman–Crippen LogP) is 14.8. The van der Waals surface area contributed by atoms with Gasteiger partial charge in [0.1, 0.15) is 0 Å². The van der Waals surface area contributed by atoms with Gasteiger partial charge >= 0.3 is 0 Å². The molecule has 0 N–H and O–H groups in total. The molecule has 0 atom stereocenters. The lowest BCUT2D eigenvalue weighted by atomic mass is 10.0. The van der Waals surface area contributed by atoms with Gasteiger partial charge in [0, 0.05) is 44.2 Å². The molecule has 71 heavy (non-hydrogen) atoms. The molecule has 3 heterocycles. The number of hydrogen-bond acceptors (Lipinski definition) is 7. The number of hydrogen-bond donors (Lipinski definition) is 0. The Bertz CT molecular complexity index is 3800. The third kappa shape index (κ3) is 8.14. The summed E-state index contributed by atoms with van der Waals surface area (Å²) in [5.74, 6) is 2.09. The van der Waals surface area contributed by atoms with Crippen LogP contribution >= 0.6 is 0 Å². The number of nitrogens with zero attached hydrogens (tertiary/aromatic N) is 8. The summed E-state index contributed by atoms with van der Waals surface area (Å²) in [5, 5.41) is 21.4. The molecule has 12 aromatic rings. The van der Waals surface area contributed by atoms with Crippen molar-refractivity contribution in [3.05, 3.63) is 242 Å². The van der Waals surface area contributed by atoms with Crippen LogP contribution in [-0.4, -0.2) is 29.5 Å². The molecule has 0 amide bonds. The first-order valence-electron chi connectivity index (χ1n) is 23.2. The molecular formula is C63H38N8. The molecule has 3 aromatic heterocycles. The Morgan fingerprint density at radius 3 is 1.11 bits per heavy atom. The van der Waals surface area contributed by atoms with Crippen molar-refractivity contribution in [1.29, 1.82) is 10.5 Å². The van der Waals surface area contributed by atoms with Gasteiger partial charge < -0.3 is 4.57 Å². The highest BCUT2D eigenvalue weighted by Gasteiger charge is 2.23. The van der Waals surface area contributed by atoms with Gasteiger partial charge in [0.05, 0.1) is 51.4 Å². The largest absolute Gasteiger partial charge is 0.308 e.